The van der Waals surface area contributed by atoms with Crippen LogP contribution in [-0.2, 0) is 5.72 Å². The predicted octanol–water partition coefficient (Wildman–Crippen LogP) is 0.386. The predicted molar refractivity (Wildman–Crippen MR) is 107 cm³/mol. The van der Waals surface area contributed by atoms with Crippen LogP contribution in [0.15, 0.2) is 42.5 Å². The molecule has 1 N–H and O–H groups in total. The largest absolute Gasteiger partial charge is 1.00 e. The van der Waals surface area contributed by atoms with Gasteiger partial charge in [0, 0.05) is 23.4 Å². The third-order valence-electron chi connectivity index (χ3n) is 5.22. The zero-order valence-corrected chi connectivity index (χ0v) is 18.2. The van der Waals surface area contributed by atoms with E-state index in [1.54, 1.807) is 23.9 Å². The first kappa shape index (κ1) is 20.8. The van der Waals surface area contributed by atoms with Crippen molar-refractivity contribution in [3.63, 3.8) is 0 Å². The lowest BCUT2D eigenvalue weighted by Crippen LogP contribution is -3.00. The summed E-state index contributed by atoms with van der Waals surface area (Å²) < 4.78 is 2.00. The fourth-order valence-corrected chi connectivity index (χ4v) is 4.99. The zero-order valence-electron chi connectivity index (χ0n) is 15.8. The highest BCUT2D eigenvalue weighted by Crippen LogP contribution is 2.39. The lowest BCUT2D eigenvalue weighted by atomic mass is 10.0. The molecule has 6 nitrogen and oxygen atoms in total. The highest BCUT2D eigenvalue weighted by molar-refractivity contribution is 8.13. The molecule has 0 aromatic heterocycles. The number of β-amino-alcohol motifs (C(OH)–C–C–N with tert-alkyl or cyclic N) is 1. The van der Waals surface area contributed by atoms with Crippen molar-refractivity contribution in [1.82, 2.24) is 0 Å². The summed E-state index contributed by atoms with van der Waals surface area (Å²) in [4.78, 5) is 13.0. The molecule has 148 valence electrons. The number of thioether (sulfide) groups is 1. The Bertz CT molecular complexity index is 965. The number of rotatable bonds is 3. The van der Waals surface area contributed by atoms with Gasteiger partial charge in [-0.15, -0.1) is 0 Å². The molecule has 0 spiro atoms. The molecule has 2 heterocycles. The van der Waals surface area contributed by atoms with Crippen LogP contribution in [0.3, 0.4) is 0 Å². The van der Waals surface area contributed by atoms with Crippen LogP contribution in [0.25, 0.3) is 0 Å². The van der Waals surface area contributed by atoms with Crippen LogP contribution < -0.4 is 21.9 Å². The average Bonchev–Trinajstić information content (AvgIpc) is 2.98. The summed E-state index contributed by atoms with van der Waals surface area (Å²) in [5.74, 6) is 0.998. The molecule has 2 aliphatic rings. The van der Waals surface area contributed by atoms with Crippen LogP contribution >= 0.6 is 11.8 Å². The highest BCUT2D eigenvalue weighted by Gasteiger charge is 2.53. The summed E-state index contributed by atoms with van der Waals surface area (Å²) in [6.45, 7) is 5.20. The van der Waals surface area contributed by atoms with Crippen molar-refractivity contribution in [3.05, 3.63) is 69.3 Å². The van der Waals surface area contributed by atoms with Gasteiger partial charge in [-0.1, -0.05) is 24.3 Å². The van der Waals surface area contributed by atoms with Gasteiger partial charge in [-0.25, -0.2) is 9.48 Å². The van der Waals surface area contributed by atoms with Gasteiger partial charge in [0.2, 0.25) is 0 Å². The summed E-state index contributed by atoms with van der Waals surface area (Å²) in [7, 11) is 0. The van der Waals surface area contributed by atoms with Crippen LogP contribution in [-0.4, -0.2) is 38.6 Å². The summed E-state index contributed by atoms with van der Waals surface area (Å²) >= 11 is 1.73. The van der Waals surface area contributed by atoms with E-state index in [1.807, 2.05) is 4.58 Å². The third-order valence-corrected chi connectivity index (χ3v) is 6.41. The molecular formula is C20H22BrN3O3S. The van der Waals surface area contributed by atoms with Gasteiger partial charge in [-0.05, 0) is 49.2 Å². The van der Waals surface area contributed by atoms with E-state index >= 15 is 0 Å². The third kappa shape index (κ3) is 3.44. The number of aliphatic hydroxyl groups is 1. The molecule has 2 aromatic carbocycles. The quantitative estimate of drug-likeness (QED) is 0.405. The molecule has 0 saturated carbocycles. The van der Waals surface area contributed by atoms with Gasteiger partial charge in [0.1, 0.15) is 5.69 Å². The van der Waals surface area contributed by atoms with Gasteiger partial charge in [-0.3, -0.25) is 10.1 Å². The number of halogens is 1. The Hall–Kier alpha value is -1.90. The Morgan fingerprint density at radius 2 is 2.04 bits per heavy atom. The van der Waals surface area contributed by atoms with Crippen LogP contribution in [0, 0.1) is 24.0 Å². The maximum Gasteiger partial charge on any atom is 0.316 e. The van der Waals surface area contributed by atoms with Crippen molar-refractivity contribution < 1.29 is 31.6 Å². The van der Waals surface area contributed by atoms with Gasteiger partial charge in [-0.2, -0.15) is 0 Å². The fourth-order valence-electron chi connectivity index (χ4n) is 3.81. The number of nitro groups is 1. The second-order valence-electron chi connectivity index (χ2n) is 7.14. The van der Waals surface area contributed by atoms with E-state index in [9.17, 15) is 15.2 Å². The normalized spacial score (nSPS) is 21.3. The first-order valence-corrected chi connectivity index (χ1v) is 9.98. The van der Waals surface area contributed by atoms with E-state index in [0.29, 0.717) is 12.1 Å². The second-order valence-corrected chi connectivity index (χ2v) is 8.20. The maximum atomic E-state index is 11.7. The molecule has 0 fully saturated rings. The summed E-state index contributed by atoms with van der Waals surface area (Å²) in [5.41, 5.74) is 2.65. The summed E-state index contributed by atoms with van der Waals surface area (Å²) in [5, 5.41) is 23.9. The van der Waals surface area contributed by atoms with Gasteiger partial charge in [0.25, 0.3) is 11.4 Å². The number of hydrogen-bond donors (Lipinski definition) is 1. The van der Waals surface area contributed by atoms with E-state index < -0.39 is 10.6 Å². The number of anilines is 1. The zero-order chi connectivity index (χ0) is 19.2. The van der Waals surface area contributed by atoms with Crippen molar-refractivity contribution >= 4 is 28.3 Å². The first-order valence-electron chi connectivity index (χ1n) is 8.99. The number of nitro benzene ring substituents is 1. The van der Waals surface area contributed by atoms with Crippen molar-refractivity contribution in [2.45, 2.75) is 26.0 Å². The monoisotopic (exact) mass is 463 g/mol. The molecular weight excluding hydrogens is 442 g/mol. The van der Waals surface area contributed by atoms with Gasteiger partial charge >= 0.3 is 5.17 Å². The highest BCUT2D eigenvalue weighted by atomic mass is 79.9. The molecule has 0 aliphatic carbocycles. The van der Waals surface area contributed by atoms with E-state index in [0.717, 1.165) is 40.7 Å². The van der Waals surface area contributed by atoms with Crippen molar-refractivity contribution in [2.24, 2.45) is 0 Å². The topological polar surface area (TPSA) is 69.6 Å². The Balaban J connectivity index is 0.00000225. The molecule has 4 rings (SSSR count). The van der Waals surface area contributed by atoms with Crippen LogP contribution in [0.4, 0.5) is 11.4 Å². The minimum atomic E-state index is -1.29. The smallest absolute Gasteiger partial charge is 0.316 e. The fraction of sp³-hybridized carbons (Fsp3) is 0.350. The first-order chi connectivity index (χ1) is 12.9. The van der Waals surface area contributed by atoms with Gasteiger partial charge in [0.05, 0.1) is 11.5 Å². The molecule has 0 amide bonds. The number of hydrogen-bond acceptors (Lipinski definition) is 5. The van der Waals surface area contributed by atoms with Crippen LogP contribution in [0.5, 0.6) is 0 Å². The molecule has 2 aliphatic heterocycles. The minimum absolute atomic E-state index is 0. The Kier molecular flexibility index (Phi) is 5.84. The standard InChI is InChI=1S/C20H22N3O3S.BrH/c1-14-7-8-15(2)18(11-14)21-13-20(24,22-9-4-10-27-19(21)22)16-5-3-6-17(12-16)23(25)26;/h3,5-8,11-12,24H,4,9-10,13H2,1-2H3;1H/q+1;/p-1. The molecule has 0 saturated heterocycles. The summed E-state index contributed by atoms with van der Waals surface area (Å²) in [6.07, 6.45) is 0.964. The molecule has 0 radical (unpaired) electrons. The Labute approximate surface area is 178 Å². The molecule has 0 bridgehead atoms. The minimum Gasteiger partial charge on any atom is -1.00 e. The molecule has 2 aromatic rings. The number of benzene rings is 2. The number of aryl methyl sites for hydroxylation is 2. The number of amidine groups is 1. The average molecular weight is 464 g/mol. The van der Waals surface area contributed by atoms with E-state index in [-0.39, 0.29) is 22.7 Å². The van der Waals surface area contributed by atoms with E-state index in [4.69, 9.17) is 0 Å². The van der Waals surface area contributed by atoms with Crippen LogP contribution in [0.2, 0.25) is 0 Å². The molecule has 28 heavy (non-hydrogen) atoms. The SMILES string of the molecule is Cc1ccc(C)c(N2CC(O)(c3cccc([N+](=O)[O-])c3)[N+]3=C2SCCC3)c1.[Br-]. The lowest BCUT2D eigenvalue weighted by Gasteiger charge is -2.24. The summed E-state index contributed by atoms with van der Waals surface area (Å²) in [6, 6.07) is 12.7. The maximum absolute atomic E-state index is 11.7. The van der Waals surface area contributed by atoms with Crippen molar-refractivity contribution in [3.8, 4) is 0 Å². The number of nitrogens with zero attached hydrogens (tertiary/aromatic N) is 3. The number of non-ortho nitro benzene ring substituents is 1. The van der Waals surface area contributed by atoms with Gasteiger partial charge < -0.3 is 22.1 Å². The Morgan fingerprint density at radius 1 is 1.25 bits per heavy atom. The van der Waals surface area contributed by atoms with Gasteiger partial charge in [0.15, 0.2) is 6.54 Å². The molecule has 1 unspecified atom stereocenters. The van der Waals surface area contributed by atoms with Crippen molar-refractivity contribution in [2.75, 3.05) is 23.7 Å². The molecule has 8 heteroatoms. The molecule has 1 atom stereocenters. The van der Waals surface area contributed by atoms with E-state index in [1.165, 1.54) is 12.1 Å². The van der Waals surface area contributed by atoms with Crippen LogP contribution in [0.1, 0.15) is 23.1 Å². The van der Waals surface area contributed by atoms with E-state index in [2.05, 4.69) is 36.9 Å². The lowest BCUT2D eigenvalue weighted by molar-refractivity contribution is -0.656. The van der Waals surface area contributed by atoms with Crippen molar-refractivity contribution in [1.29, 1.82) is 0 Å². The second kappa shape index (κ2) is 7.85. The Morgan fingerprint density at radius 3 is 2.79 bits per heavy atom.